The van der Waals surface area contributed by atoms with E-state index in [0.29, 0.717) is 11.2 Å². The summed E-state index contributed by atoms with van der Waals surface area (Å²) in [6, 6.07) is 6.24. The third-order valence-corrected chi connectivity index (χ3v) is 7.16. The van der Waals surface area contributed by atoms with Gasteiger partial charge in [-0.25, -0.2) is 4.98 Å². The molecule has 1 aromatic heterocycles. The normalized spacial score (nSPS) is 20.9. The number of carbonyl (C=O) groups excluding carboxylic acids is 1. The number of anilines is 1. The summed E-state index contributed by atoms with van der Waals surface area (Å²) in [5.41, 5.74) is 0.529. The number of nitrogens with zero attached hydrogens (tertiary/aromatic N) is 2. The molecule has 7 heteroatoms. The van der Waals surface area contributed by atoms with Crippen LogP contribution in [-0.2, 0) is 10.2 Å². The SMILES string of the molecule is CCC(c1cnc(NC(=O)C2(c3ccc4c(c3)OCO4)CC2)s1)N1CCCC1. The molecule has 1 unspecified atom stereocenters. The summed E-state index contributed by atoms with van der Waals surface area (Å²) in [6.07, 6.45) is 7.25. The van der Waals surface area contributed by atoms with Crippen LogP contribution in [0.1, 0.15) is 55.5 Å². The van der Waals surface area contributed by atoms with Gasteiger partial charge in [-0.05, 0) is 62.9 Å². The number of aromatic nitrogens is 1. The topological polar surface area (TPSA) is 63.7 Å². The molecule has 0 radical (unpaired) electrons. The minimum absolute atomic E-state index is 0.0292. The summed E-state index contributed by atoms with van der Waals surface area (Å²) in [4.78, 5) is 21.4. The van der Waals surface area contributed by atoms with Crippen LogP contribution in [0, 0.1) is 0 Å². The van der Waals surface area contributed by atoms with E-state index in [0.717, 1.165) is 49.4 Å². The minimum Gasteiger partial charge on any atom is -0.454 e. The fraction of sp³-hybridized carbons (Fsp3) is 0.524. The Morgan fingerprint density at radius 3 is 2.82 bits per heavy atom. The van der Waals surface area contributed by atoms with Crippen molar-refractivity contribution in [2.24, 2.45) is 0 Å². The number of hydrogen-bond acceptors (Lipinski definition) is 6. The molecule has 5 rings (SSSR count). The number of ether oxygens (including phenoxy) is 2. The highest BCUT2D eigenvalue weighted by molar-refractivity contribution is 7.15. The molecule has 1 saturated carbocycles. The van der Waals surface area contributed by atoms with E-state index in [1.807, 2.05) is 24.4 Å². The summed E-state index contributed by atoms with van der Waals surface area (Å²) >= 11 is 1.61. The number of hydrogen-bond donors (Lipinski definition) is 1. The quantitative estimate of drug-likeness (QED) is 0.793. The summed E-state index contributed by atoms with van der Waals surface area (Å²) in [6.45, 7) is 4.78. The molecule has 1 N–H and O–H groups in total. The Labute approximate surface area is 168 Å². The molecule has 2 fully saturated rings. The van der Waals surface area contributed by atoms with E-state index in [-0.39, 0.29) is 12.7 Å². The van der Waals surface area contributed by atoms with E-state index in [1.165, 1.54) is 17.7 Å². The van der Waals surface area contributed by atoms with Crippen molar-refractivity contribution in [3.63, 3.8) is 0 Å². The highest BCUT2D eigenvalue weighted by Crippen LogP contribution is 2.51. The molecule has 1 aliphatic carbocycles. The zero-order chi connectivity index (χ0) is 19.1. The van der Waals surface area contributed by atoms with Crippen molar-refractivity contribution >= 4 is 22.4 Å². The molecule has 6 nitrogen and oxygen atoms in total. The van der Waals surface area contributed by atoms with Gasteiger partial charge in [0.2, 0.25) is 12.7 Å². The monoisotopic (exact) mass is 399 g/mol. The van der Waals surface area contributed by atoms with E-state index in [4.69, 9.17) is 9.47 Å². The highest BCUT2D eigenvalue weighted by Gasteiger charge is 2.52. The summed E-state index contributed by atoms with van der Waals surface area (Å²) in [5, 5.41) is 3.78. The number of rotatable bonds is 6. The lowest BCUT2D eigenvalue weighted by molar-refractivity contribution is -0.118. The fourth-order valence-corrected chi connectivity index (χ4v) is 5.40. The molecule has 1 atom stereocenters. The van der Waals surface area contributed by atoms with E-state index >= 15 is 0 Å². The van der Waals surface area contributed by atoms with E-state index in [9.17, 15) is 4.79 Å². The lowest BCUT2D eigenvalue weighted by Gasteiger charge is -2.24. The Bertz CT molecular complexity index is 887. The number of nitrogens with one attached hydrogen (secondary N) is 1. The number of likely N-dealkylation sites (tertiary alicyclic amines) is 1. The molecule has 1 saturated heterocycles. The number of benzene rings is 1. The second-order valence-electron chi connectivity index (χ2n) is 7.84. The molecule has 3 heterocycles. The zero-order valence-electron chi connectivity index (χ0n) is 16.1. The third-order valence-electron chi connectivity index (χ3n) is 6.15. The van der Waals surface area contributed by atoms with Gasteiger partial charge in [-0.1, -0.05) is 13.0 Å². The van der Waals surface area contributed by atoms with Crippen LogP contribution in [0.5, 0.6) is 11.5 Å². The second-order valence-corrected chi connectivity index (χ2v) is 8.90. The van der Waals surface area contributed by atoms with Gasteiger partial charge >= 0.3 is 0 Å². The zero-order valence-corrected chi connectivity index (χ0v) is 16.9. The van der Waals surface area contributed by atoms with Gasteiger partial charge in [0.1, 0.15) is 0 Å². The molecule has 3 aliphatic rings. The molecular weight excluding hydrogens is 374 g/mol. The maximum Gasteiger partial charge on any atom is 0.236 e. The molecule has 1 aromatic carbocycles. The van der Waals surface area contributed by atoms with Crippen LogP contribution in [0.4, 0.5) is 5.13 Å². The van der Waals surface area contributed by atoms with Crippen molar-refractivity contribution < 1.29 is 14.3 Å². The molecule has 148 valence electrons. The van der Waals surface area contributed by atoms with E-state index in [2.05, 4.69) is 22.1 Å². The summed E-state index contributed by atoms with van der Waals surface area (Å²) < 4.78 is 10.9. The Hall–Kier alpha value is -2.12. The van der Waals surface area contributed by atoms with E-state index < -0.39 is 5.41 Å². The molecule has 0 spiro atoms. The first-order chi connectivity index (χ1) is 13.7. The van der Waals surface area contributed by atoms with Gasteiger partial charge in [0, 0.05) is 17.1 Å². The standard InChI is InChI=1S/C21H25N3O3S/c1-2-15(24-9-3-4-10-24)18-12-22-20(28-18)23-19(25)21(7-8-21)14-5-6-16-17(11-14)27-13-26-16/h5-6,11-12,15H,2-4,7-10,13H2,1H3,(H,22,23,25). The second kappa shape index (κ2) is 7.04. The van der Waals surface area contributed by atoms with Gasteiger partial charge in [0.25, 0.3) is 0 Å². The minimum atomic E-state index is -0.466. The van der Waals surface area contributed by atoms with Crippen LogP contribution in [0.2, 0.25) is 0 Å². The van der Waals surface area contributed by atoms with Gasteiger partial charge < -0.3 is 14.8 Å². The van der Waals surface area contributed by atoms with E-state index in [1.54, 1.807) is 11.3 Å². The highest BCUT2D eigenvalue weighted by atomic mass is 32.1. The maximum absolute atomic E-state index is 13.1. The summed E-state index contributed by atoms with van der Waals surface area (Å²) in [5.74, 6) is 1.50. The van der Waals surface area contributed by atoms with Gasteiger partial charge in [0.05, 0.1) is 5.41 Å². The number of fused-ring (bicyclic) bond motifs is 1. The van der Waals surface area contributed by atoms with Crippen LogP contribution in [0.25, 0.3) is 0 Å². The lowest BCUT2D eigenvalue weighted by Crippen LogP contribution is -2.27. The molecule has 2 aliphatic heterocycles. The Morgan fingerprint density at radius 2 is 2.07 bits per heavy atom. The Morgan fingerprint density at radius 1 is 1.29 bits per heavy atom. The predicted molar refractivity (Wildman–Crippen MR) is 108 cm³/mol. The van der Waals surface area contributed by atoms with Crippen molar-refractivity contribution in [3.05, 3.63) is 34.8 Å². The average Bonchev–Trinajstić information content (AvgIpc) is 3.11. The van der Waals surface area contributed by atoms with Crippen molar-refractivity contribution in [1.29, 1.82) is 0 Å². The maximum atomic E-state index is 13.1. The average molecular weight is 400 g/mol. The molecule has 0 bridgehead atoms. The largest absolute Gasteiger partial charge is 0.454 e. The first-order valence-corrected chi connectivity index (χ1v) is 10.9. The Balaban J connectivity index is 1.31. The number of carbonyl (C=O) groups is 1. The first kappa shape index (κ1) is 17.9. The van der Waals surface area contributed by atoms with Crippen LogP contribution >= 0.6 is 11.3 Å². The fourth-order valence-electron chi connectivity index (χ4n) is 4.37. The first-order valence-electron chi connectivity index (χ1n) is 10.1. The van der Waals surface area contributed by atoms with Crippen molar-refractivity contribution in [2.75, 3.05) is 25.2 Å². The van der Waals surface area contributed by atoms with Crippen molar-refractivity contribution in [2.45, 2.75) is 50.5 Å². The molecular formula is C21H25N3O3S. The molecule has 1 amide bonds. The van der Waals surface area contributed by atoms with Crippen molar-refractivity contribution in [1.82, 2.24) is 9.88 Å². The lowest BCUT2D eigenvalue weighted by atomic mass is 9.94. The van der Waals surface area contributed by atoms with Gasteiger partial charge in [-0.2, -0.15) is 0 Å². The van der Waals surface area contributed by atoms with Gasteiger partial charge in [-0.3, -0.25) is 9.69 Å². The smallest absolute Gasteiger partial charge is 0.236 e. The van der Waals surface area contributed by atoms with Gasteiger partial charge in [-0.15, -0.1) is 11.3 Å². The molecule has 2 aromatic rings. The van der Waals surface area contributed by atoms with Crippen LogP contribution in [-0.4, -0.2) is 35.7 Å². The van der Waals surface area contributed by atoms with Crippen LogP contribution in [0.3, 0.4) is 0 Å². The third kappa shape index (κ3) is 3.06. The summed E-state index contributed by atoms with van der Waals surface area (Å²) in [7, 11) is 0. The predicted octanol–water partition coefficient (Wildman–Crippen LogP) is 4.09. The van der Waals surface area contributed by atoms with Crippen LogP contribution < -0.4 is 14.8 Å². The number of amides is 1. The number of thiazole rings is 1. The van der Waals surface area contributed by atoms with Gasteiger partial charge in [0.15, 0.2) is 16.6 Å². The van der Waals surface area contributed by atoms with Crippen molar-refractivity contribution in [3.8, 4) is 11.5 Å². The molecule has 28 heavy (non-hydrogen) atoms. The van der Waals surface area contributed by atoms with Crippen LogP contribution in [0.15, 0.2) is 24.4 Å². The Kier molecular flexibility index (Phi) is 4.51.